The lowest BCUT2D eigenvalue weighted by Gasteiger charge is -2.31. The quantitative estimate of drug-likeness (QED) is 0.253. The highest BCUT2D eigenvalue weighted by atomic mass is 19.4. The van der Waals surface area contributed by atoms with E-state index in [-0.39, 0.29) is 17.8 Å². The molecule has 1 atom stereocenters. The first-order chi connectivity index (χ1) is 19.0. The second-order valence-corrected chi connectivity index (χ2v) is 9.53. The summed E-state index contributed by atoms with van der Waals surface area (Å²) in [6.07, 6.45) is -3.15. The molecule has 210 valence electrons. The molecule has 2 amide bonds. The first kappa shape index (κ1) is 28.7. The van der Waals surface area contributed by atoms with Crippen LogP contribution in [0.15, 0.2) is 71.5 Å². The molecular weight excluding hydrogens is 521 g/mol. The number of aromatic nitrogens is 2. The second kappa shape index (κ2) is 11.8. The Morgan fingerprint density at radius 1 is 1.10 bits per heavy atom. The number of anilines is 1. The van der Waals surface area contributed by atoms with Crippen LogP contribution in [-0.4, -0.2) is 34.1 Å². The molecule has 0 radical (unpaired) electrons. The third-order valence-electron chi connectivity index (χ3n) is 6.67. The lowest BCUT2D eigenvalue weighted by atomic mass is 10.1. The number of urea groups is 1. The van der Waals surface area contributed by atoms with Gasteiger partial charge in [-0.2, -0.15) is 13.2 Å². The first-order valence-corrected chi connectivity index (χ1v) is 13.0. The van der Waals surface area contributed by atoms with Crippen molar-refractivity contribution in [1.82, 2.24) is 14.5 Å². The Bertz CT molecular complexity index is 1580. The van der Waals surface area contributed by atoms with Crippen LogP contribution < -0.4 is 15.6 Å². The van der Waals surface area contributed by atoms with Crippen LogP contribution in [0.5, 0.6) is 5.75 Å². The number of alkyl halides is 3. The summed E-state index contributed by atoms with van der Waals surface area (Å²) in [6, 6.07) is 15.5. The van der Waals surface area contributed by atoms with Crippen LogP contribution in [0, 0.1) is 6.92 Å². The SMILES string of the molecule is CCCCN(C(=O)Nc1cccc(C(F)(F)F)c1)C(C)c1nc2ccccc2c(=O)n1-c1cc(C)ccc1OC. The number of benzene rings is 3. The number of carbonyl (C=O) groups excluding carboxylic acids is 1. The largest absolute Gasteiger partial charge is 0.495 e. The number of halogens is 3. The number of nitrogens with one attached hydrogen (secondary N) is 1. The van der Waals surface area contributed by atoms with Crippen molar-refractivity contribution >= 4 is 22.6 Å². The van der Waals surface area contributed by atoms with Crippen LogP contribution in [0.2, 0.25) is 0 Å². The van der Waals surface area contributed by atoms with Gasteiger partial charge in [0.05, 0.1) is 35.3 Å². The summed E-state index contributed by atoms with van der Waals surface area (Å²) in [4.78, 5) is 33.8. The van der Waals surface area contributed by atoms with E-state index in [4.69, 9.17) is 9.72 Å². The molecule has 1 N–H and O–H groups in total. The molecule has 0 spiro atoms. The minimum absolute atomic E-state index is 0.0118. The van der Waals surface area contributed by atoms with Crippen LogP contribution in [0.4, 0.5) is 23.7 Å². The average molecular weight is 553 g/mol. The van der Waals surface area contributed by atoms with Crippen LogP contribution in [0.1, 0.15) is 49.7 Å². The van der Waals surface area contributed by atoms with Gasteiger partial charge >= 0.3 is 12.2 Å². The van der Waals surface area contributed by atoms with Crippen molar-refractivity contribution in [1.29, 1.82) is 0 Å². The van der Waals surface area contributed by atoms with E-state index in [1.807, 2.05) is 26.0 Å². The van der Waals surface area contributed by atoms with Crippen molar-refractivity contribution in [3.63, 3.8) is 0 Å². The zero-order valence-corrected chi connectivity index (χ0v) is 22.7. The van der Waals surface area contributed by atoms with Crippen molar-refractivity contribution in [3.8, 4) is 11.4 Å². The van der Waals surface area contributed by atoms with Crippen LogP contribution in [0.3, 0.4) is 0 Å². The van der Waals surface area contributed by atoms with Gasteiger partial charge in [0.15, 0.2) is 0 Å². The van der Waals surface area contributed by atoms with Gasteiger partial charge in [-0.3, -0.25) is 9.36 Å². The predicted octanol–water partition coefficient (Wildman–Crippen LogP) is 7.12. The number of aryl methyl sites for hydroxylation is 1. The van der Waals surface area contributed by atoms with Crippen molar-refractivity contribution < 1.29 is 22.7 Å². The maximum absolute atomic E-state index is 13.9. The zero-order chi connectivity index (χ0) is 29.0. The minimum atomic E-state index is -4.55. The van der Waals surface area contributed by atoms with Crippen LogP contribution >= 0.6 is 0 Å². The Labute approximate surface area is 230 Å². The van der Waals surface area contributed by atoms with E-state index >= 15 is 0 Å². The highest BCUT2D eigenvalue weighted by molar-refractivity contribution is 5.89. The fourth-order valence-electron chi connectivity index (χ4n) is 4.55. The first-order valence-electron chi connectivity index (χ1n) is 13.0. The molecule has 4 aromatic rings. The van der Waals surface area contributed by atoms with Gasteiger partial charge in [0.1, 0.15) is 11.6 Å². The topological polar surface area (TPSA) is 76.5 Å². The molecule has 0 bridgehead atoms. The van der Waals surface area contributed by atoms with E-state index in [0.717, 1.165) is 24.1 Å². The van der Waals surface area contributed by atoms with Crippen molar-refractivity contribution in [2.24, 2.45) is 0 Å². The fraction of sp³-hybridized carbons (Fsp3) is 0.300. The van der Waals surface area contributed by atoms with E-state index < -0.39 is 23.8 Å². The Kier molecular flexibility index (Phi) is 8.46. The molecule has 0 aliphatic carbocycles. The summed E-state index contributed by atoms with van der Waals surface area (Å²) in [5, 5.41) is 3.00. The number of carbonyl (C=O) groups is 1. The van der Waals surface area contributed by atoms with Gasteiger partial charge in [-0.15, -0.1) is 0 Å². The van der Waals surface area contributed by atoms with E-state index in [1.165, 1.54) is 28.7 Å². The molecule has 1 heterocycles. The lowest BCUT2D eigenvalue weighted by molar-refractivity contribution is -0.137. The predicted molar refractivity (Wildman–Crippen MR) is 149 cm³/mol. The summed E-state index contributed by atoms with van der Waals surface area (Å²) < 4.78 is 46.8. The number of unbranched alkanes of at least 4 members (excludes halogenated alkanes) is 1. The van der Waals surface area contributed by atoms with Crippen LogP contribution in [-0.2, 0) is 6.18 Å². The molecule has 40 heavy (non-hydrogen) atoms. The second-order valence-electron chi connectivity index (χ2n) is 9.53. The van der Waals surface area contributed by atoms with Gasteiger partial charge in [-0.05, 0) is 68.3 Å². The van der Waals surface area contributed by atoms with Gasteiger partial charge in [0.25, 0.3) is 5.56 Å². The number of rotatable bonds is 8. The van der Waals surface area contributed by atoms with Crippen LogP contribution in [0.25, 0.3) is 16.6 Å². The normalized spacial score (nSPS) is 12.3. The van der Waals surface area contributed by atoms with Gasteiger partial charge in [0, 0.05) is 12.2 Å². The summed E-state index contributed by atoms with van der Waals surface area (Å²) in [5.74, 6) is 0.745. The molecule has 3 aromatic carbocycles. The van der Waals surface area contributed by atoms with E-state index in [0.29, 0.717) is 34.6 Å². The van der Waals surface area contributed by atoms with Gasteiger partial charge in [-0.25, -0.2) is 9.78 Å². The van der Waals surface area contributed by atoms with Crippen molar-refractivity contribution in [2.75, 3.05) is 19.0 Å². The molecular formula is C30H31F3N4O3. The number of hydrogen-bond acceptors (Lipinski definition) is 4. The van der Waals surface area contributed by atoms with E-state index in [1.54, 1.807) is 37.3 Å². The molecule has 4 rings (SSSR count). The molecule has 0 saturated heterocycles. The molecule has 7 nitrogen and oxygen atoms in total. The minimum Gasteiger partial charge on any atom is -0.495 e. The highest BCUT2D eigenvalue weighted by Gasteiger charge is 2.31. The Morgan fingerprint density at radius 3 is 2.55 bits per heavy atom. The monoisotopic (exact) mass is 552 g/mol. The molecule has 1 unspecified atom stereocenters. The highest BCUT2D eigenvalue weighted by Crippen LogP contribution is 2.32. The maximum Gasteiger partial charge on any atom is 0.416 e. The third-order valence-corrected chi connectivity index (χ3v) is 6.67. The summed E-state index contributed by atoms with van der Waals surface area (Å²) in [6.45, 7) is 5.89. The summed E-state index contributed by atoms with van der Waals surface area (Å²) >= 11 is 0. The van der Waals surface area contributed by atoms with E-state index in [2.05, 4.69) is 5.32 Å². The summed E-state index contributed by atoms with van der Waals surface area (Å²) in [7, 11) is 1.51. The molecule has 0 fully saturated rings. The van der Waals surface area contributed by atoms with Gasteiger partial charge in [-0.1, -0.05) is 37.6 Å². The van der Waals surface area contributed by atoms with Gasteiger partial charge in [0.2, 0.25) is 0 Å². The number of methoxy groups -OCH3 is 1. The standard InChI is InChI=1S/C30H31F3N4O3/c1-5-6-16-36(29(39)34-22-11-9-10-21(18-22)30(31,32)33)20(3)27-35-24-13-8-7-12-23(24)28(38)37(27)25-17-19(2)14-15-26(25)40-4/h7-15,17-18,20H,5-6,16H2,1-4H3,(H,34,39). The molecule has 10 heteroatoms. The maximum atomic E-state index is 13.9. The number of amides is 2. The number of ether oxygens (including phenoxy) is 1. The Balaban J connectivity index is 1.85. The molecule has 1 aromatic heterocycles. The third kappa shape index (κ3) is 5.95. The van der Waals surface area contributed by atoms with Crippen molar-refractivity contribution in [3.05, 3.63) is 94.0 Å². The van der Waals surface area contributed by atoms with Gasteiger partial charge < -0.3 is 15.0 Å². The summed E-state index contributed by atoms with van der Waals surface area (Å²) in [5.41, 5.74) is 0.643. The fourth-order valence-corrected chi connectivity index (χ4v) is 4.55. The molecule has 0 aliphatic rings. The number of hydrogen-bond donors (Lipinski definition) is 1. The van der Waals surface area contributed by atoms with Crippen molar-refractivity contribution in [2.45, 2.75) is 45.8 Å². The zero-order valence-electron chi connectivity index (χ0n) is 22.7. The van der Waals surface area contributed by atoms with E-state index in [9.17, 15) is 22.8 Å². The number of nitrogens with zero attached hydrogens (tertiary/aromatic N) is 3. The Hall–Kier alpha value is -4.34. The lowest BCUT2D eigenvalue weighted by Crippen LogP contribution is -2.40. The smallest absolute Gasteiger partial charge is 0.416 e. The average Bonchev–Trinajstić information content (AvgIpc) is 2.92. The molecule has 0 aliphatic heterocycles. The number of para-hydroxylation sites is 1. The number of fused-ring (bicyclic) bond motifs is 1. The molecule has 0 saturated carbocycles. The Morgan fingerprint density at radius 2 is 1.85 bits per heavy atom.